The first-order chi connectivity index (χ1) is 9.51. The highest BCUT2D eigenvalue weighted by atomic mass is 35.5. The maximum atomic E-state index is 12.1. The topological polar surface area (TPSA) is 38.8 Å². The molecule has 0 heterocycles. The van der Waals surface area contributed by atoms with Crippen molar-refractivity contribution in [2.45, 2.75) is 13.3 Å². The van der Waals surface area contributed by atoms with Crippen LogP contribution in [-0.2, 0) is 4.74 Å². The minimum Gasteiger partial charge on any atom is -0.494 e. The van der Waals surface area contributed by atoms with Crippen molar-refractivity contribution in [3.8, 4) is 5.75 Å². The maximum absolute atomic E-state index is 12.1. The molecule has 20 heavy (non-hydrogen) atoms. The number of benzene rings is 1. The molecule has 4 nitrogen and oxygen atoms in total. The van der Waals surface area contributed by atoms with Gasteiger partial charge in [-0.2, -0.15) is 0 Å². The van der Waals surface area contributed by atoms with Crippen LogP contribution in [-0.4, -0.2) is 44.7 Å². The number of ether oxygens (including phenoxy) is 2. The fourth-order valence-electron chi connectivity index (χ4n) is 1.78. The number of esters is 1. The Morgan fingerprint density at radius 2 is 1.90 bits per heavy atom. The Morgan fingerprint density at radius 3 is 2.50 bits per heavy atom. The van der Waals surface area contributed by atoms with E-state index in [-0.39, 0.29) is 16.3 Å². The highest BCUT2D eigenvalue weighted by Crippen LogP contribution is 2.34. The van der Waals surface area contributed by atoms with E-state index in [9.17, 15) is 4.79 Å². The van der Waals surface area contributed by atoms with Crippen LogP contribution in [0.1, 0.15) is 23.7 Å². The molecule has 0 aliphatic heterocycles. The van der Waals surface area contributed by atoms with Gasteiger partial charge < -0.3 is 14.4 Å². The minimum absolute atomic E-state index is 0.166. The van der Waals surface area contributed by atoms with Crippen molar-refractivity contribution in [2.75, 3.05) is 33.9 Å². The van der Waals surface area contributed by atoms with Crippen LogP contribution in [0.2, 0.25) is 10.0 Å². The fraction of sp³-hybridized carbons (Fsp3) is 0.500. The molecule has 0 bridgehead atoms. The summed E-state index contributed by atoms with van der Waals surface area (Å²) in [5.74, 6) is -0.287. The van der Waals surface area contributed by atoms with Crippen molar-refractivity contribution < 1.29 is 14.3 Å². The number of carbonyl (C=O) groups excluding carboxylic acids is 1. The molecule has 0 aromatic heterocycles. The lowest BCUT2D eigenvalue weighted by molar-refractivity contribution is 0.0470. The number of methoxy groups -OCH3 is 1. The molecule has 6 heteroatoms. The zero-order valence-corrected chi connectivity index (χ0v) is 13.4. The molecule has 1 rings (SSSR count). The quantitative estimate of drug-likeness (QED) is 0.721. The summed E-state index contributed by atoms with van der Waals surface area (Å²) in [7, 11) is 3.41. The molecule has 0 spiro atoms. The van der Waals surface area contributed by atoms with Crippen molar-refractivity contribution >= 4 is 29.2 Å². The second-order valence-corrected chi connectivity index (χ2v) is 5.19. The van der Waals surface area contributed by atoms with Crippen LogP contribution in [0.3, 0.4) is 0 Å². The van der Waals surface area contributed by atoms with E-state index in [4.69, 9.17) is 32.7 Å². The number of nitrogens with zero attached hydrogens (tertiary/aromatic N) is 1. The number of hydrogen-bond donors (Lipinski definition) is 0. The average molecular weight is 320 g/mol. The third-order valence-corrected chi connectivity index (χ3v) is 3.39. The zero-order chi connectivity index (χ0) is 15.1. The molecule has 0 saturated carbocycles. The lowest BCUT2D eigenvalue weighted by atomic mass is 10.2. The fourth-order valence-corrected chi connectivity index (χ4v) is 2.24. The number of halogens is 2. The van der Waals surface area contributed by atoms with E-state index in [0.717, 1.165) is 13.0 Å². The van der Waals surface area contributed by atoms with Gasteiger partial charge in [0.05, 0.1) is 17.2 Å². The SMILES string of the molecule is CCCN(C)CCOC(=O)c1c(Cl)ccc(Cl)c1OC. The number of likely N-dealkylation sites (N-methyl/N-ethyl adjacent to an activating group) is 1. The predicted molar refractivity (Wildman–Crippen MR) is 81.1 cm³/mol. The molecule has 0 fully saturated rings. The molecule has 1 aromatic rings. The van der Waals surface area contributed by atoms with Crippen LogP contribution in [0, 0.1) is 0 Å². The van der Waals surface area contributed by atoms with Gasteiger partial charge in [0, 0.05) is 6.54 Å². The van der Waals surface area contributed by atoms with Gasteiger partial charge in [-0.1, -0.05) is 30.1 Å². The lowest BCUT2D eigenvalue weighted by Gasteiger charge is -2.16. The second-order valence-electron chi connectivity index (χ2n) is 4.38. The molecule has 0 saturated heterocycles. The average Bonchev–Trinajstić information content (AvgIpc) is 2.41. The van der Waals surface area contributed by atoms with Gasteiger partial charge >= 0.3 is 5.97 Å². The first-order valence-corrected chi connectivity index (χ1v) is 7.14. The normalized spacial score (nSPS) is 10.7. The highest BCUT2D eigenvalue weighted by molar-refractivity contribution is 6.37. The molecule has 0 N–H and O–H groups in total. The van der Waals surface area contributed by atoms with Crippen LogP contribution in [0.15, 0.2) is 12.1 Å². The minimum atomic E-state index is -0.528. The van der Waals surface area contributed by atoms with Crippen molar-refractivity contribution in [3.05, 3.63) is 27.7 Å². The molecular formula is C14H19Cl2NO3. The monoisotopic (exact) mass is 319 g/mol. The third-order valence-electron chi connectivity index (χ3n) is 2.78. The smallest absolute Gasteiger partial charge is 0.343 e. The van der Waals surface area contributed by atoms with Gasteiger partial charge in [-0.15, -0.1) is 0 Å². The van der Waals surface area contributed by atoms with Gasteiger partial charge in [-0.05, 0) is 32.1 Å². The van der Waals surface area contributed by atoms with Crippen molar-refractivity contribution in [1.82, 2.24) is 4.90 Å². The molecule has 0 atom stereocenters. The summed E-state index contributed by atoms with van der Waals surface area (Å²) >= 11 is 12.0. The molecule has 1 aromatic carbocycles. The Balaban J connectivity index is 2.71. The summed E-state index contributed by atoms with van der Waals surface area (Å²) in [5.41, 5.74) is 0.166. The zero-order valence-electron chi connectivity index (χ0n) is 11.9. The molecule has 0 aliphatic rings. The van der Waals surface area contributed by atoms with E-state index >= 15 is 0 Å². The van der Waals surface area contributed by atoms with E-state index in [1.54, 1.807) is 12.1 Å². The van der Waals surface area contributed by atoms with E-state index in [1.807, 2.05) is 7.05 Å². The molecule has 0 amide bonds. The van der Waals surface area contributed by atoms with Crippen LogP contribution in [0.5, 0.6) is 5.75 Å². The van der Waals surface area contributed by atoms with Crippen LogP contribution in [0.4, 0.5) is 0 Å². The van der Waals surface area contributed by atoms with Crippen LogP contribution in [0.25, 0.3) is 0 Å². The Bertz CT molecular complexity index is 466. The second kappa shape index (κ2) is 8.35. The van der Waals surface area contributed by atoms with Gasteiger partial charge in [-0.3, -0.25) is 0 Å². The van der Waals surface area contributed by atoms with Crippen molar-refractivity contribution in [1.29, 1.82) is 0 Å². The van der Waals surface area contributed by atoms with Crippen molar-refractivity contribution in [3.63, 3.8) is 0 Å². The lowest BCUT2D eigenvalue weighted by Crippen LogP contribution is -2.25. The first kappa shape index (κ1) is 17.1. The van der Waals surface area contributed by atoms with Crippen molar-refractivity contribution in [2.24, 2.45) is 0 Å². The van der Waals surface area contributed by atoms with Gasteiger partial charge in [0.2, 0.25) is 0 Å². The Hall–Kier alpha value is -0.970. The third kappa shape index (κ3) is 4.54. The van der Waals surface area contributed by atoms with E-state index in [0.29, 0.717) is 18.2 Å². The van der Waals surface area contributed by atoms with Crippen LogP contribution >= 0.6 is 23.2 Å². The van der Waals surface area contributed by atoms with Crippen LogP contribution < -0.4 is 4.74 Å². The Morgan fingerprint density at radius 1 is 1.25 bits per heavy atom. The molecule has 0 radical (unpaired) electrons. The summed E-state index contributed by atoms with van der Waals surface area (Å²) in [6.07, 6.45) is 1.05. The number of carbonyl (C=O) groups is 1. The van der Waals surface area contributed by atoms with Gasteiger partial charge in [0.25, 0.3) is 0 Å². The van der Waals surface area contributed by atoms with E-state index in [1.165, 1.54) is 7.11 Å². The molecule has 0 unspecified atom stereocenters. The summed E-state index contributed by atoms with van der Waals surface area (Å²) in [5, 5.41) is 0.588. The summed E-state index contributed by atoms with van der Waals surface area (Å²) in [4.78, 5) is 14.2. The highest BCUT2D eigenvalue weighted by Gasteiger charge is 2.20. The largest absolute Gasteiger partial charge is 0.494 e. The Labute approximate surface area is 129 Å². The summed E-state index contributed by atoms with van der Waals surface area (Å²) in [6, 6.07) is 3.13. The van der Waals surface area contributed by atoms with Gasteiger partial charge in [0.15, 0.2) is 5.75 Å². The maximum Gasteiger partial charge on any atom is 0.343 e. The molecular weight excluding hydrogens is 301 g/mol. The predicted octanol–water partition coefficient (Wildman–Crippen LogP) is 3.50. The van der Waals surface area contributed by atoms with Gasteiger partial charge in [0.1, 0.15) is 12.2 Å². The Kier molecular flexibility index (Phi) is 7.13. The van der Waals surface area contributed by atoms with E-state index < -0.39 is 5.97 Å². The number of rotatable bonds is 7. The number of hydrogen-bond acceptors (Lipinski definition) is 4. The molecule has 0 aliphatic carbocycles. The standard InChI is InChI=1S/C14H19Cl2NO3/c1-4-7-17(2)8-9-20-14(18)12-10(15)5-6-11(16)13(12)19-3/h5-6H,4,7-9H2,1-3H3. The first-order valence-electron chi connectivity index (χ1n) is 6.38. The summed E-state index contributed by atoms with van der Waals surface area (Å²) < 4.78 is 10.3. The van der Waals surface area contributed by atoms with E-state index in [2.05, 4.69) is 11.8 Å². The summed E-state index contributed by atoms with van der Waals surface area (Å²) in [6.45, 7) is 4.01. The molecule has 112 valence electrons. The van der Waals surface area contributed by atoms with Gasteiger partial charge in [-0.25, -0.2) is 4.79 Å².